The molecular weight excluding hydrogens is 270 g/mol. The van der Waals surface area contributed by atoms with Crippen molar-refractivity contribution in [2.75, 3.05) is 18.1 Å². The van der Waals surface area contributed by atoms with Crippen molar-refractivity contribution in [1.29, 1.82) is 0 Å². The summed E-state index contributed by atoms with van der Waals surface area (Å²) in [5.41, 5.74) is 2.61. The molecule has 2 rings (SSSR count). The largest absolute Gasteiger partial charge is 0.478 e. The van der Waals surface area contributed by atoms with E-state index in [4.69, 9.17) is 0 Å². The molecule has 0 unspecified atom stereocenters. The number of hydrogen-bond donors (Lipinski definition) is 2. The molecule has 0 fully saturated rings. The van der Waals surface area contributed by atoms with E-state index in [0.717, 1.165) is 23.5 Å². The summed E-state index contributed by atoms with van der Waals surface area (Å²) in [6, 6.07) is 5.60. The zero-order valence-electron chi connectivity index (χ0n) is 11.8. The Kier molecular flexibility index (Phi) is 5.53. The zero-order valence-corrected chi connectivity index (χ0v) is 12.6. The minimum absolute atomic E-state index is 0.387. The Morgan fingerprint density at radius 2 is 2.25 bits per heavy atom. The van der Waals surface area contributed by atoms with Gasteiger partial charge in [0.2, 0.25) is 0 Å². The fourth-order valence-electron chi connectivity index (χ4n) is 2.56. The summed E-state index contributed by atoms with van der Waals surface area (Å²) in [7, 11) is 0. The van der Waals surface area contributed by atoms with Gasteiger partial charge < -0.3 is 10.4 Å². The van der Waals surface area contributed by atoms with Crippen LogP contribution in [0.4, 0.5) is 5.69 Å². The van der Waals surface area contributed by atoms with Crippen LogP contribution in [0, 0.1) is 0 Å². The molecule has 1 aliphatic rings. The Balaban J connectivity index is 2.01. The van der Waals surface area contributed by atoms with Gasteiger partial charge in [0.1, 0.15) is 0 Å². The topological polar surface area (TPSA) is 49.3 Å². The van der Waals surface area contributed by atoms with E-state index in [9.17, 15) is 9.90 Å². The molecule has 0 heterocycles. The van der Waals surface area contributed by atoms with Crippen LogP contribution in [-0.2, 0) is 0 Å². The smallest absolute Gasteiger partial charge is 0.338 e. The Labute approximate surface area is 124 Å². The van der Waals surface area contributed by atoms with Crippen LogP contribution < -0.4 is 5.32 Å². The highest BCUT2D eigenvalue weighted by molar-refractivity contribution is 7.98. The molecule has 4 heteroatoms. The minimum atomic E-state index is -0.866. The van der Waals surface area contributed by atoms with Gasteiger partial charge in [-0.2, -0.15) is 0 Å². The van der Waals surface area contributed by atoms with Crippen LogP contribution >= 0.6 is 11.8 Å². The summed E-state index contributed by atoms with van der Waals surface area (Å²) in [5, 5.41) is 12.6. The van der Waals surface area contributed by atoms with Crippen molar-refractivity contribution in [1.82, 2.24) is 0 Å². The molecule has 0 bridgehead atoms. The van der Waals surface area contributed by atoms with Gasteiger partial charge in [-0.3, -0.25) is 0 Å². The van der Waals surface area contributed by atoms with Crippen LogP contribution in [0.3, 0.4) is 0 Å². The van der Waals surface area contributed by atoms with Gasteiger partial charge in [-0.15, -0.1) is 11.8 Å². The van der Waals surface area contributed by atoms with Crippen molar-refractivity contribution < 1.29 is 9.90 Å². The number of rotatable bonds is 6. The lowest BCUT2D eigenvalue weighted by Gasteiger charge is -2.15. The average Bonchev–Trinajstić information content (AvgIpc) is 2.47. The number of carboxylic acid groups (broad SMARTS) is 1. The van der Waals surface area contributed by atoms with Crippen LogP contribution in [-0.4, -0.2) is 23.9 Å². The summed E-state index contributed by atoms with van der Waals surface area (Å²) in [6.07, 6.45) is 10.2. The summed E-state index contributed by atoms with van der Waals surface area (Å²) < 4.78 is 0. The normalized spacial score (nSPS) is 14.8. The Morgan fingerprint density at radius 1 is 1.40 bits per heavy atom. The van der Waals surface area contributed by atoms with Crippen LogP contribution in [0.15, 0.2) is 34.7 Å². The van der Waals surface area contributed by atoms with E-state index >= 15 is 0 Å². The van der Waals surface area contributed by atoms with E-state index in [-0.39, 0.29) is 0 Å². The van der Waals surface area contributed by atoms with Gasteiger partial charge in [-0.05, 0) is 50.5 Å². The second-order valence-electron chi connectivity index (χ2n) is 4.97. The zero-order chi connectivity index (χ0) is 14.4. The monoisotopic (exact) mass is 291 g/mol. The Morgan fingerprint density at radius 3 is 2.90 bits per heavy atom. The number of carbonyl (C=O) groups is 1. The molecule has 0 spiro atoms. The number of carboxylic acids is 1. The summed E-state index contributed by atoms with van der Waals surface area (Å²) in [4.78, 5) is 12.2. The second-order valence-corrected chi connectivity index (χ2v) is 5.82. The lowest BCUT2D eigenvalue weighted by molar-refractivity contribution is 0.0694. The molecule has 1 aromatic carbocycles. The first-order chi connectivity index (χ1) is 9.72. The molecule has 108 valence electrons. The van der Waals surface area contributed by atoms with E-state index in [1.165, 1.54) is 43.0 Å². The average molecular weight is 291 g/mol. The van der Waals surface area contributed by atoms with Gasteiger partial charge in [0.25, 0.3) is 0 Å². The molecule has 0 saturated heterocycles. The molecule has 1 aliphatic carbocycles. The van der Waals surface area contributed by atoms with E-state index in [1.807, 2.05) is 24.5 Å². The summed E-state index contributed by atoms with van der Waals surface area (Å²) in [6.45, 7) is 0.796. The predicted octanol–water partition coefficient (Wildman–Crippen LogP) is 4.41. The lowest BCUT2D eigenvalue weighted by atomic mass is 9.97. The number of benzene rings is 1. The van der Waals surface area contributed by atoms with Gasteiger partial charge in [0.15, 0.2) is 0 Å². The predicted molar refractivity (Wildman–Crippen MR) is 84.8 cm³/mol. The maximum Gasteiger partial charge on any atom is 0.338 e. The molecule has 0 amide bonds. The molecule has 3 nitrogen and oxygen atoms in total. The van der Waals surface area contributed by atoms with Gasteiger partial charge in [-0.1, -0.05) is 17.7 Å². The van der Waals surface area contributed by atoms with Crippen molar-refractivity contribution in [2.45, 2.75) is 37.0 Å². The van der Waals surface area contributed by atoms with Gasteiger partial charge in [0, 0.05) is 17.1 Å². The minimum Gasteiger partial charge on any atom is -0.478 e. The molecule has 2 N–H and O–H groups in total. The van der Waals surface area contributed by atoms with Crippen molar-refractivity contribution in [2.24, 2.45) is 0 Å². The summed E-state index contributed by atoms with van der Waals surface area (Å²) >= 11 is 1.47. The maximum atomic E-state index is 11.4. The van der Waals surface area contributed by atoms with Crippen molar-refractivity contribution in [3.8, 4) is 0 Å². The first-order valence-electron chi connectivity index (χ1n) is 7.04. The van der Waals surface area contributed by atoms with E-state index in [0.29, 0.717) is 5.56 Å². The van der Waals surface area contributed by atoms with Crippen LogP contribution in [0.2, 0.25) is 0 Å². The molecule has 20 heavy (non-hydrogen) atoms. The SMILES string of the molecule is CSc1cccc(NCCC2=CCCCC2)c1C(=O)O. The number of thioether (sulfide) groups is 1. The third-order valence-electron chi connectivity index (χ3n) is 3.61. The fourth-order valence-corrected chi connectivity index (χ4v) is 3.17. The fraction of sp³-hybridized carbons (Fsp3) is 0.438. The highest BCUT2D eigenvalue weighted by Crippen LogP contribution is 2.27. The molecule has 0 atom stereocenters. The quantitative estimate of drug-likeness (QED) is 0.602. The molecule has 0 saturated carbocycles. The number of aromatic carboxylic acids is 1. The standard InChI is InChI=1S/C16H21NO2S/c1-20-14-9-5-8-13(15(14)16(18)19)17-11-10-12-6-3-2-4-7-12/h5-6,8-9,17H,2-4,7,10-11H2,1H3,(H,18,19). The Hall–Kier alpha value is -1.42. The molecular formula is C16H21NO2S. The van der Waals surface area contributed by atoms with Gasteiger partial charge in [0.05, 0.1) is 5.56 Å². The van der Waals surface area contributed by atoms with Gasteiger partial charge in [-0.25, -0.2) is 4.79 Å². The molecule has 1 aromatic rings. The van der Waals surface area contributed by atoms with E-state index in [2.05, 4.69) is 11.4 Å². The number of hydrogen-bond acceptors (Lipinski definition) is 3. The van der Waals surface area contributed by atoms with Crippen LogP contribution in [0.5, 0.6) is 0 Å². The number of anilines is 1. The van der Waals surface area contributed by atoms with Crippen molar-refractivity contribution in [3.63, 3.8) is 0 Å². The van der Waals surface area contributed by atoms with Crippen LogP contribution in [0.1, 0.15) is 42.5 Å². The molecule has 0 aliphatic heterocycles. The Bertz CT molecular complexity index is 511. The highest BCUT2D eigenvalue weighted by atomic mass is 32.2. The first kappa shape index (κ1) is 15.0. The van der Waals surface area contributed by atoms with E-state index < -0.39 is 5.97 Å². The number of allylic oxidation sites excluding steroid dienone is 1. The maximum absolute atomic E-state index is 11.4. The highest BCUT2D eigenvalue weighted by Gasteiger charge is 2.14. The third-order valence-corrected chi connectivity index (χ3v) is 4.39. The molecule has 0 aromatic heterocycles. The van der Waals surface area contributed by atoms with Gasteiger partial charge >= 0.3 is 5.97 Å². The number of nitrogens with one attached hydrogen (secondary N) is 1. The van der Waals surface area contributed by atoms with Crippen molar-refractivity contribution >= 4 is 23.4 Å². The molecule has 0 radical (unpaired) electrons. The second kappa shape index (κ2) is 7.39. The van der Waals surface area contributed by atoms with Crippen LogP contribution in [0.25, 0.3) is 0 Å². The third kappa shape index (κ3) is 3.79. The van der Waals surface area contributed by atoms with E-state index in [1.54, 1.807) is 0 Å². The van der Waals surface area contributed by atoms with Crippen molar-refractivity contribution in [3.05, 3.63) is 35.4 Å². The lowest BCUT2D eigenvalue weighted by Crippen LogP contribution is -2.10. The first-order valence-corrected chi connectivity index (χ1v) is 8.27. The summed E-state index contributed by atoms with van der Waals surface area (Å²) in [5.74, 6) is -0.866.